The van der Waals surface area contributed by atoms with Crippen LogP contribution in [0.25, 0.3) is 0 Å². The summed E-state index contributed by atoms with van der Waals surface area (Å²) in [5.74, 6) is -1.07. The van der Waals surface area contributed by atoms with Gasteiger partial charge in [0.1, 0.15) is 5.75 Å². The van der Waals surface area contributed by atoms with E-state index in [2.05, 4.69) is 6.92 Å². The fourth-order valence-corrected chi connectivity index (χ4v) is 5.78. The van der Waals surface area contributed by atoms with Gasteiger partial charge in [0.05, 0.1) is 23.4 Å². The molecule has 1 saturated carbocycles. The van der Waals surface area contributed by atoms with Crippen molar-refractivity contribution in [2.45, 2.75) is 53.4 Å². The second-order valence-electron chi connectivity index (χ2n) is 10.7. The van der Waals surface area contributed by atoms with E-state index in [0.29, 0.717) is 22.9 Å². The molecular formula is C29H32N2O5. The van der Waals surface area contributed by atoms with Gasteiger partial charge in [0, 0.05) is 18.7 Å². The van der Waals surface area contributed by atoms with E-state index < -0.39 is 11.9 Å². The minimum Gasteiger partial charge on any atom is -0.426 e. The van der Waals surface area contributed by atoms with Gasteiger partial charge < -0.3 is 9.64 Å². The van der Waals surface area contributed by atoms with Crippen LogP contribution in [0, 0.1) is 44.4 Å². The predicted molar refractivity (Wildman–Crippen MR) is 136 cm³/mol. The second kappa shape index (κ2) is 9.19. The summed E-state index contributed by atoms with van der Waals surface area (Å²) in [6, 6.07) is 10.8. The Kier molecular flexibility index (Phi) is 6.18. The van der Waals surface area contributed by atoms with Gasteiger partial charge in [-0.2, -0.15) is 0 Å². The number of anilines is 2. The van der Waals surface area contributed by atoms with Crippen LogP contribution in [0.1, 0.15) is 49.3 Å². The molecule has 2 saturated heterocycles. The molecule has 0 unspecified atom stereocenters. The Labute approximate surface area is 211 Å². The lowest BCUT2D eigenvalue weighted by atomic mass is 9.76. The smallest absolute Gasteiger partial charge is 0.316 e. The number of hydrogen-bond acceptors (Lipinski definition) is 5. The summed E-state index contributed by atoms with van der Waals surface area (Å²) in [4.78, 5) is 54.6. The monoisotopic (exact) mass is 488 g/mol. The molecule has 2 aromatic rings. The van der Waals surface area contributed by atoms with Crippen LogP contribution in [0.15, 0.2) is 36.4 Å². The van der Waals surface area contributed by atoms with Crippen LogP contribution in [0.2, 0.25) is 0 Å². The number of fused-ring (bicyclic) bond motifs is 1. The number of esters is 1. The molecule has 0 bridgehead atoms. The van der Waals surface area contributed by atoms with Crippen LogP contribution in [0.4, 0.5) is 11.4 Å². The first kappa shape index (κ1) is 24.2. The maximum absolute atomic E-state index is 13.1. The fourth-order valence-electron chi connectivity index (χ4n) is 5.78. The van der Waals surface area contributed by atoms with Gasteiger partial charge in [-0.15, -0.1) is 0 Å². The zero-order chi connectivity index (χ0) is 25.7. The lowest BCUT2D eigenvalue weighted by Crippen LogP contribution is -2.31. The van der Waals surface area contributed by atoms with Gasteiger partial charge >= 0.3 is 5.97 Å². The molecule has 3 amide bonds. The van der Waals surface area contributed by atoms with E-state index in [9.17, 15) is 19.2 Å². The SMILES string of the molecule is Cc1ccc(N2C[C@H](C(=O)Oc3ccc(N4C(=O)[C@H]5C[C@@H](C)CC[C@H]5C4=O)c(C)c3)CC2=O)cc1C. The van der Waals surface area contributed by atoms with Crippen molar-refractivity contribution in [2.75, 3.05) is 16.3 Å². The number of nitrogens with zero attached hydrogens (tertiary/aromatic N) is 2. The van der Waals surface area contributed by atoms with Gasteiger partial charge in [-0.05, 0) is 93.0 Å². The zero-order valence-corrected chi connectivity index (χ0v) is 21.2. The van der Waals surface area contributed by atoms with Crippen molar-refractivity contribution in [3.8, 4) is 5.75 Å². The van der Waals surface area contributed by atoms with Crippen molar-refractivity contribution in [1.82, 2.24) is 0 Å². The first-order valence-electron chi connectivity index (χ1n) is 12.7. The van der Waals surface area contributed by atoms with Gasteiger partial charge in [-0.25, -0.2) is 4.90 Å². The number of imide groups is 1. The van der Waals surface area contributed by atoms with E-state index >= 15 is 0 Å². The third kappa shape index (κ3) is 4.21. The van der Waals surface area contributed by atoms with Gasteiger partial charge in [0.25, 0.3) is 0 Å². The molecule has 7 heteroatoms. The number of carbonyl (C=O) groups is 4. The lowest BCUT2D eigenvalue weighted by molar-refractivity contribution is -0.139. The quantitative estimate of drug-likeness (QED) is 0.360. The number of carbonyl (C=O) groups excluding carboxylic acids is 4. The number of ether oxygens (including phenoxy) is 1. The van der Waals surface area contributed by atoms with Gasteiger partial charge in [0.2, 0.25) is 17.7 Å². The number of aryl methyl sites for hydroxylation is 3. The maximum atomic E-state index is 13.1. The van der Waals surface area contributed by atoms with Crippen molar-refractivity contribution in [3.63, 3.8) is 0 Å². The standard InChI is InChI=1S/C29H32N2O5/c1-16-5-9-23-24(11-16)28(34)31(27(23)33)25-10-8-22(13-19(25)4)36-29(35)20-14-26(32)30(15-20)21-7-6-17(2)18(3)12-21/h6-8,10,12-13,16,20,23-24H,5,9,11,14-15H2,1-4H3/t16-,20+,23+,24-/m0/s1. The van der Waals surface area contributed by atoms with Crippen LogP contribution in [0.5, 0.6) is 5.75 Å². The number of benzene rings is 2. The fraction of sp³-hybridized carbons (Fsp3) is 0.448. The Balaban J connectivity index is 1.28. The molecule has 3 fully saturated rings. The van der Waals surface area contributed by atoms with Crippen molar-refractivity contribution >= 4 is 35.1 Å². The zero-order valence-electron chi connectivity index (χ0n) is 21.2. The number of amides is 3. The Morgan fingerprint density at radius 2 is 1.64 bits per heavy atom. The topological polar surface area (TPSA) is 84.0 Å². The minimum atomic E-state index is -0.564. The summed E-state index contributed by atoms with van der Waals surface area (Å²) in [6.07, 6.45) is 2.56. The van der Waals surface area contributed by atoms with Gasteiger partial charge in [-0.3, -0.25) is 19.2 Å². The largest absolute Gasteiger partial charge is 0.426 e. The van der Waals surface area contributed by atoms with Crippen molar-refractivity contribution in [2.24, 2.45) is 23.7 Å². The molecule has 0 N–H and O–H groups in total. The molecule has 5 rings (SSSR count). The van der Waals surface area contributed by atoms with Crippen LogP contribution in [-0.4, -0.2) is 30.2 Å². The Morgan fingerprint density at radius 1 is 0.889 bits per heavy atom. The molecule has 0 spiro atoms. The molecule has 0 aromatic heterocycles. The molecule has 2 aliphatic heterocycles. The summed E-state index contributed by atoms with van der Waals surface area (Å²) in [7, 11) is 0. The number of hydrogen-bond donors (Lipinski definition) is 0. The molecule has 1 aliphatic carbocycles. The van der Waals surface area contributed by atoms with Crippen LogP contribution in [0.3, 0.4) is 0 Å². The van der Waals surface area contributed by atoms with E-state index in [4.69, 9.17) is 4.74 Å². The Morgan fingerprint density at radius 3 is 2.36 bits per heavy atom. The molecule has 2 heterocycles. The summed E-state index contributed by atoms with van der Waals surface area (Å²) in [5, 5.41) is 0. The average molecular weight is 489 g/mol. The summed E-state index contributed by atoms with van der Waals surface area (Å²) in [6.45, 7) is 8.22. The van der Waals surface area contributed by atoms with Gasteiger partial charge in [-0.1, -0.05) is 13.0 Å². The normalized spacial score (nSPS) is 25.9. The highest BCUT2D eigenvalue weighted by molar-refractivity contribution is 6.22. The molecular weight excluding hydrogens is 456 g/mol. The van der Waals surface area contributed by atoms with E-state index in [-0.39, 0.29) is 42.5 Å². The van der Waals surface area contributed by atoms with Crippen LogP contribution >= 0.6 is 0 Å². The first-order chi connectivity index (χ1) is 17.1. The van der Waals surface area contributed by atoms with Crippen molar-refractivity contribution in [3.05, 3.63) is 53.1 Å². The molecule has 0 radical (unpaired) electrons. The van der Waals surface area contributed by atoms with Crippen LogP contribution in [-0.2, 0) is 19.2 Å². The van der Waals surface area contributed by atoms with E-state index in [1.807, 2.05) is 32.0 Å². The molecule has 36 heavy (non-hydrogen) atoms. The lowest BCUT2D eigenvalue weighted by Gasteiger charge is -2.25. The third-order valence-corrected chi connectivity index (χ3v) is 8.08. The summed E-state index contributed by atoms with van der Waals surface area (Å²) >= 11 is 0. The van der Waals surface area contributed by atoms with Crippen molar-refractivity contribution in [1.29, 1.82) is 0 Å². The second-order valence-corrected chi connectivity index (χ2v) is 10.7. The summed E-state index contributed by atoms with van der Waals surface area (Å²) in [5.41, 5.74) is 4.25. The Hall–Kier alpha value is -3.48. The maximum Gasteiger partial charge on any atom is 0.316 e. The van der Waals surface area contributed by atoms with E-state index in [1.54, 1.807) is 30.0 Å². The average Bonchev–Trinajstić information content (AvgIpc) is 3.33. The molecule has 188 valence electrons. The molecule has 3 aliphatic rings. The first-order valence-corrected chi connectivity index (χ1v) is 12.7. The Bertz CT molecular complexity index is 1270. The minimum absolute atomic E-state index is 0.0980. The van der Waals surface area contributed by atoms with Gasteiger partial charge in [0.15, 0.2) is 0 Å². The molecule has 4 atom stereocenters. The molecule has 7 nitrogen and oxygen atoms in total. The molecule has 2 aromatic carbocycles. The van der Waals surface area contributed by atoms with Crippen molar-refractivity contribution < 1.29 is 23.9 Å². The highest BCUT2D eigenvalue weighted by atomic mass is 16.5. The highest BCUT2D eigenvalue weighted by Crippen LogP contribution is 2.43. The highest BCUT2D eigenvalue weighted by Gasteiger charge is 2.50. The van der Waals surface area contributed by atoms with E-state index in [0.717, 1.165) is 36.1 Å². The summed E-state index contributed by atoms with van der Waals surface area (Å²) < 4.78 is 5.63. The third-order valence-electron chi connectivity index (χ3n) is 8.08. The number of rotatable bonds is 4. The van der Waals surface area contributed by atoms with Crippen LogP contribution < -0.4 is 14.5 Å². The van der Waals surface area contributed by atoms with E-state index in [1.165, 1.54) is 4.90 Å². The predicted octanol–water partition coefficient (Wildman–Crippen LogP) is 4.50.